The fourth-order valence-electron chi connectivity index (χ4n) is 3.31. The number of nitrogens with zero attached hydrogens (tertiary/aromatic N) is 1. The van der Waals surface area contributed by atoms with Crippen LogP contribution >= 0.6 is 0 Å². The second-order valence-electron chi connectivity index (χ2n) is 6.32. The summed E-state index contributed by atoms with van der Waals surface area (Å²) in [5.41, 5.74) is 2.23. The van der Waals surface area contributed by atoms with Gasteiger partial charge in [-0.3, -0.25) is 9.59 Å². The standard InChI is InChI=1S/C18H23NO4/c1-22-18(21)12-13-4-7-19(8-5-13)17(20)11-14-2-3-15-6-9-23-16(15)10-14/h2-3,10,13H,4-9,11-12H2,1H3. The Bertz CT molecular complexity index is 591. The van der Waals surface area contributed by atoms with E-state index in [1.165, 1.54) is 12.7 Å². The molecule has 1 fully saturated rings. The molecule has 124 valence electrons. The summed E-state index contributed by atoms with van der Waals surface area (Å²) in [5.74, 6) is 1.25. The van der Waals surface area contributed by atoms with Crippen LogP contribution in [0.1, 0.15) is 30.4 Å². The highest BCUT2D eigenvalue weighted by Crippen LogP contribution is 2.27. The van der Waals surface area contributed by atoms with Crippen LogP contribution in [0.3, 0.4) is 0 Å². The second kappa shape index (κ2) is 7.02. The Balaban J connectivity index is 1.51. The molecule has 2 aliphatic rings. The predicted molar refractivity (Wildman–Crippen MR) is 85.3 cm³/mol. The normalized spacial score (nSPS) is 17.5. The maximum absolute atomic E-state index is 12.4. The maximum Gasteiger partial charge on any atom is 0.305 e. The molecule has 0 unspecified atom stereocenters. The van der Waals surface area contributed by atoms with Crippen molar-refractivity contribution >= 4 is 11.9 Å². The summed E-state index contributed by atoms with van der Waals surface area (Å²) in [7, 11) is 1.42. The molecule has 23 heavy (non-hydrogen) atoms. The van der Waals surface area contributed by atoms with Gasteiger partial charge in [0.05, 0.1) is 20.1 Å². The molecule has 2 heterocycles. The van der Waals surface area contributed by atoms with E-state index in [9.17, 15) is 9.59 Å². The van der Waals surface area contributed by atoms with Gasteiger partial charge in [0.25, 0.3) is 0 Å². The molecule has 0 spiro atoms. The van der Waals surface area contributed by atoms with Crippen LogP contribution in [-0.2, 0) is 27.2 Å². The fourth-order valence-corrected chi connectivity index (χ4v) is 3.31. The van der Waals surface area contributed by atoms with E-state index in [0.717, 1.165) is 50.3 Å². The number of rotatable bonds is 4. The van der Waals surface area contributed by atoms with E-state index < -0.39 is 0 Å². The number of piperidine rings is 1. The quantitative estimate of drug-likeness (QED) is 0.797. The molecule has 0 atom stereocenters. The first-order chi connectivity index (χ1) is 11.2. The van der Waals surface area contributed by atoms with Crippen molar-refractivity contribution in [3.63, 3.8) is 0 Å². The zero-order valence-electron chi connectivity index (χ0n) is 13.5. The first kappa shape index (κ1) is 15.8. The number of fused-ring (bicyclic) bond motifs is 1. The van der Waals surface area contributed by atoms with Crippen LogP contribution < -0.4 is 4.74 Å². The number of amides is 1. The van der Waals surface area contributed by atoms with Crippen molar-refractivity contribution in [1.82, 2.24) is 4.90 Å². The molecule has 0 saturated carbocycles. The zero-order valence-corrected chi connectivity index (χ0v) is 13.5. The average Bonchev–Trinajstić information content (AvgIpc) is 3.03. The van der Waals surface area contributed by atoms with Gasteiger partial charge in [0, 0.05) is 25.9 Å². The van der Waals surface area contributed by atoms with Crippen LogP contribution in [0, 0.1) is 5.92 Å². The van der Waals surface area contributed by atoms with Crippen molar-refractivity contribution < 1.29 is 19.1 Å². The van der Waals surface area contributed by atoms with Gasteiger partial charge in [0.2, 0.25) is 5.91 Å². The van der Waals surface area contributed by atoms with Gasteiger partial charge in [-0.25, -0.2) is 0 Å². The van der Waals surface area contributed by atoms with Gasteiger partial charge >= 0.3 is 5.97 Å². The number of ether oxygens (including phenoxy) is 2. The number of carbonyl (C=O) groups excluding carboxylic acids is 2. The molecule has 1 saturated heterocycles. The molecule has 3 rings (SSSR count). The first-order valence-electron chi connectivity index (χ1n) is 8.25. The Hall–Kier alpha value is -2.04. The van der Waals surface area contributed by atoms with E-state index in [0.29, 0.717) is 18.8 Å². The highest BCUT2D eigenvalue weighted by molar-refractivity contribution is 5.79. The van der Waals surface area contributed by atoms with Gasteiger partial charge in [-0.2, -0.15) is 0 Å². The molecule has 0 N–H and O–H groups in total. The largest absolute Gasteiger partial charge is 0.493 e. The second-order valence-corrected chi connectivity index (χ2v) is 6.32. The van der Waals surface area contributed by atoms with Crippen LogP contribution in [0.25, 0.3) is 0 Å². The molecule has 5 heteroatoms. The number of methoxy groups -OCH3 is 1. The summed E-state index contributed by atoms with van der Waals surface area (Å²) in [6.45, 7) is 2.18. The lowest BCUT2D eigenvalue weighted by Crippen LogP contribution is -2.39. The number of carbonyl (C=O) groups is 2. The fraction of sp³-hybridized carbons (Fsp3) is 0.556. The molecule has 1 aromatic rings. The zero-order chi connectivity index (χ0) is 16.2. The lowest BCUT2D eigenvalue weighted by molar-refractivity contribution is -0.142. The van der Waals surface area contributed by atoms with Gasteiger partial charge in [-0.05, 0) is 36.0 Å². The van der Waals surface area contributed by atoms with Crippen molar-refractivity contribution in [2.45, 2.75) is 32.1 Å². The van der Waals surface area contributed by atoms with Gasteiger partial charge in [0.1, 0.15) is 5.75 Å². The van der Waals surface area contributed by atoms with E-state index in [4.69, 9.17) is 9.47 Å². The molecule has 0 radical (unpaired) electrons. The maximum atomic E-state index is 12.4. The van der Waals surface area contributed by atoms with E-state index >= 15 is 0 Å². The number of likely N-dealkylation sites (tertiary alicyclic amines) is 1. The average molecular weight is 317 g/mol. The van der Waals surface area contributed by atoms with Crippen LogP contribution in [0.2, 0.25) is 0 Å². The van der Waals surface area contributed by atoms with Gasteiger partial charge < -0.3 is 14.4 Å². The minimum absolute atomic E-state index is 0.152. The highest BCUT2D eigenvalue weighted by Gasteiger charge is 2.25. The predicted octanol–water partition coefficient (Wildman–Crippen LogP) is 1.97. The van der Waals surface area contributed by atoms with Crippen LogP contribution in [0.5, 0.6) is 5.75 Å². The molecule has 0 aliphatic carbocycles. The van der Waals surface area contributed by atoms with E-state index in [-0.39, 0.29) is 11.9 Å². The molecule has 1 aromatic carbocycles. The van der Waals surface area contributed by atoms with E-state index in [1.807, 2.05) is 17.0 Å². The summed E-state index contributed by atoms with van der Waals surface area (Å²) < 4.78 is 10.3. The van der Waals surface area contributed by atoms with Crippen LogP contribution in [0.15, 0.2) is 18.2 Å². The molecule has 0 aromatic heterocycles. The number of esters is 1. The first-order valence-corrected chi connectivity index (χ1v) is 8.25. The molecule has 5 nitrogen and oxygen atoms in total. The van der Waals surface area contributed by atoms with Crippen LogP contribution in [0.4, 0.5) is 0 Å². The minimum Gasteiger partial charge on any atom is -0.493 e. The monoisotopic (exact) mass is 317 g/mol. The van der Waals surface area contributed by atoms with Crippen molar-refractivity contribution in [3.05, 3.63) is 29.3 Å². The number of hydrogen-bond acceptors (Lipinski definition) is 4. The van der Waals surface area contributed by atoms with Gasteiger partial charge in [-0.15, -0.1) is 0 Å². The van der Waals surface area contributed by atoms with E-state index in [2.05, 4.69) is 6.07 Å². The third kappa shape index (κ3) is 3.84. The Labute approximate surface area is 136 Å². The third-order valence-corrected chi connectivity index (χ3v) is 4.77. The van der Waals surface area contributed by atoms with Crippen molar-refractivity contribution in [2.24, 2.45) is 5.92 Å². The smallest absolute Gasteiger partial charge is 0.305 e. The third-order valence-electron chi connectivity index (χ3n) is 4.77. The molecule has 1 amide bonds. The molecular weight excluding hydrogens is 294 g/mol. The lowest BCUT2D eigenvalue weighted by atomic mass is 9.93. The number of hydrogen-bond donors (Lipinski definition) is 0. The van der Waals surface area contributed by atoms with Crippen molar-refractivity contribution in [1.29, 1.82) is 0 Å². The SMILES string of the molecule is COC(=O)CC1CCN(C(=O)Cc2ccc3c(c2)OCC3)CC1. The summed E-state index contributed by atoms with van der Waals surface area (Å²) >= 11 is 0. The number of benzene rings is 1. The lowest BCUT2D eigenvalue weighted by Gasteiger charge is -2.31. The molecular formula is C18H23NO4. The minimum atomic E-state index is -0.159. The Morgan fingerprint density at radius 2 is 2.09 bits per heavy atom. The summed E-state index contributed by atoms with van der Waals surface area (Å²) in [6, 6.07) is 6.08. The van der Waals surface area contributed by atoms with Gasteiger partial charge in [-0.1, -0.05) is 12.1 Å². The highest BCUT2D eigenvalue weighted by atomic mass is 16.5. The van der Waals surface area contributed by atoms with Crippen LogP contribution in [-0.4, -0.2) is 43.6 Å². The summed E-state index contributed by atoms with van der Waals surface area (Å²) in [5, 5.41) is 0. The van der Waals surface area contributed by atoms with Crippen molar-refractivity contribution in [2.75, 3.05) is 26.8 Å². The molecule has 2 aliphatic heterocycles. The Kier molecular flexibility index (Phi) is 4.84. The topological polar surface area (TPSA) is 55.8 Å². The van der Waals surface area contributed by atoms with Crippen molar-refractivity contribution in [3.8, 4) is 5.75 Å². The van der Waals surface area contributed by atoms with E-state index in [1.54, 1.807) is 0 Å². The summed E-state index contributed by atoms with van der Waals surface area (Å²) in [4.78, 5) is 25.7. The molecule has 0 bridgehead atoms. The van der Waals surface area contributed by atoms with Gasteiger partial charge in [0.15, 0.2) is 0 Å². The Morgan fingerprint density at radius 1 is 1.30 bits per heavy atom. The summed E-state index contributed by atoms with van der Waals surface area (Å²) in [6.07, 6.45) is 3.57. The Morgan fingerprint density at radius 3 is 2.83 bits per heavy atom.